The molecule has 25 heavy (non-hydrogen) atoms. The van der Waals surface area contributed by atoms with Crippen LogP contribution in [0.15, 0.2) is 71.5 Å². The Bertz CT molecular complexity index is 881. The van der Waals surface area contributed by atoms with Crippen LogP contribution in [0.4, 0.5) is 11.4 Å². The molecule has 1 aromatic heterocycles. The molecule has 0 fully saturated rings. The molecule has 0 atom stereocenters. The molecular formula is C20H18BrN3O. The van der Waals surface area contributed by atoms with Gasteiger partial charge in [-0.3, -0.25) is 9.78 Å². The Balaban J connectivity index is 1.69. The molecule has 2 aromatic carbocycles. The summed E-state index contributed by atoms with van der Waals surface area (Å²) in [6.07, 6.45) is 3.28. The zero-order valence-electron chi connectivity index (χ0n) is 13.8. The van der Waals surface area contributed by atoms with E-state index in [1.54, 1.807) is 18.5 Å². The third-order valence-electron chi connectivity index (χ3n) is 3.78. The molecule has 0 saturated heterocycles. The van der Waals surface area contributed by atoms with Gasteiger partial charge in [-0.25, -0.2) is 0 Å². The fraction of sp³-hybridized carbons (Fsp3) is 0.100. The fourth-order valence-corrected chi connectivity index (χ4v) is 2.90. The van der Waals surface area contributed by atoms with E-state index in [0.29, 0.717) is 12.1 Å². The van der Waals surface area contributed by atoms with Crippen LogP contribution >= 0.6 is 15.9 Å². The maximum absolute atomic E-state index is 12.5. The highest BCUT2D eigenvalue weighted by atomic mass is 79.9. The number of halogens is 1. The van der Waals surface area contributed by atoms with Crippen LogP contribution in [0.2, 0.25) is 0 Å². The Kier molecular flexibility index (Phi) is 5.46. The molecule has 1 heterocycles. The van der Waals surface area contributed by atoms with E-state index in [0.717, 1.165) is 21.4 Å². The van der Waals surface area contributed by atoms with Crippen molar-refractivity contribution >= 4 is 33.2 Å². The van der Waals surface area contributed by atoms with Gasteiger partial charge in [0, 0.05) is 29.1 Å². The van der Waals surface area contributed by atoms with E-state index in [-0.39, 0.29) is 5.91 Å². The highest BCUT2D eigenvalue weighted by Crippen LogP contribution is 2.21. The van der Waals surface area contributed by atoms with Crippen LogP contribution in [-0.2, 0) is 6.54 Å². The van der Waals surface area contributed by atoms with Crippen molar-refractivity contribution in [3.05, 3.63) is 88.2 Å². The van der Waals surface area contributed by atoms with Gasteiger partial charge in [0.15, 0.2) is 0 Å². The van der Waals surface area contributed by atoms with Crippen LogP contribution in [0.3, 0.4) is 0 Å². The summed E-state index contributed by atoms with van der Waals surface area (Å²) in [7, 11) is 0. The van der Waals surface area contributed by atoms with Gasteiger partial charge in [0.1, 0.15) is 0 Å². The van der Waals surface area contributed by atoms with E-state index in [4.69, 9.17) is 0 Å². The summed E-state index contributed by atoms with van der Waals surface area (Å²) in [5, 5.41) is 6.22. The first kappa shape index (κ1) is 17.2. The molecule has 126 valence electrons. The number of anilines is 2. The van der Waals surface area contributed by atoms with Crippen LogP contribution < -0.4 is 10.6 Å². The van der Waals surface area contributed by atoms with Crippen molar-refractivity contribution in [1.29, 1.82) is 0 Å². The smallest absolute Gasteiger partial charge is 0.257 e. The molecule has 0 aliphatic rings. The first-order valence-electron chi connectivity index (χ1n) is 7.92. The second kappa shape index (κ2) is 7.94. The molecular weight excluding hydrogens is 378 g/mol. The van der Waals surface area contributed by atoms with E-state index in [9.17, 15) is 4.79 Å². The molecule has 3 aromatic rings. The van der Waals surface area contributed by atoms with Crippen LogP contribution in [0.25, 0.3) is 0 Å². The molecule has 2 N–H and O–H groups in total. The van der Waals surface area contributed by atoms with Gasteiger partial charge in [0.25, 0.3) is 5.91 Å². The van der Waals surface area contributed by atoms with Gasteiger partial charge >= 0.3 is 0 Å². The van der Waals surface area contributed by atoms with Gasteiger partial charge in [-0.1, -0.05) is 46.3 Å². The summed E-state index contributed by atoms with van der Waals surface area (Å²) < 4.78 is 0.983. The van der Waals surface area contributed by atoms with E-state index in [2.05, 4.69) is 31.5 Å². The average molecular weight is 396 g/mol. The van der Waals surface area contributed by atoms with Crippen molar-refractivity contribution in [1.82, 2.24) is 4.98 Å². The third-order valence-corrected chi connectivity index (χ3v) is 4.27. The minimum absolute atomic E-state index is 0.179. The summed E-state index contributed by atoms with van der Waals surface area (Å²) in [6, 6.07) is 17.6. The second-order valence-corrected chi connectivity index (χ2v) is 6.63. The molecule has 0 spiro atoms. The number of hydrogen-bond acceptors (Lipinski definition) is 3. The molecule has 0 aliphatic heterocycles. The molecule has 5 heteroatoms. The van der Waals surface area contributed by atoms with Crippen molar-refractivity contribution in [3.63, 3.8) is 0 Å². The zero-order valence-corrected chi connectivity index (χ0v) is 15.4. The van der Waals surface area contributed by atoms with Crippen molar-refractivity contribution < 1.29 is 4.79 Å². The minimum atomic E-state index is -0.179. The van der Waals surface area contributed by atoms with Crippen molar-refractivity contribution in [2.45, 2.75) is 13.5 Å². The first-order chi connectivity index (χ1) is 12.1. The Morgan fingerprint density at radius 2 is 1.88 bits per heavy atom. The van der Waals surface area contributed by atoms with Crippen LogP contribution in [-0.4, -0.2) is 10.9 Å². The molecule has 0 unspecified atom stereocenters. The predicted octanol–water partition coefficient (Wildman–Crippen LogP) is 5.02. The molecule has 0 aliphatic carbocycles. The number of amides is 1. The van der Waals surface area contributed by atoms with Gasteiger partial charge in [-0.05, 0) is 42.3 Å². The van der Waals surface area contributed by atoms with Crippen LogP contribution in [0, 0.1) is 6.92 Å². The van der Waals surface area contributed by atoms with Gasteiger partial charge in [-0.2, -0.15) is 0 Å². The Labute approximate surface area is 155 Å². The molecule has 0 radical (unpaired) electrons. The van der Waals surface area contributed by atoms with Crippen molar-refractivity contribution in [2.75, 3.05) is 10.6 Å². The standard InChI is InChI=1S/C20H18BrN3O/c1-14-9-17(21)7-8-19(14)24-20(25)16-10-18(13-22-12-16)23-11-15-5-3-2-4-6-15/h2-10,12-13,23H,11H2,1H3,(H,24,25). The lowest BCUT2D eigenvalue weighted by Gasteiger charge is -2.10. The fourth-order valence-electron chi connectivity index (χ4n) is 2.42. The maximum Gasteiger partial charge on any atom is 0.257 e. The topological polar surface area (TPSA) is 54.0 Å². The van der Waals surface area contributed by atoms with Crippen molar-refractivity contribution in [3.8, 4) is 0 Å². The lowest BCUT2D eigenvalue weighted by molar-refractivity contribution is 0.102. The largest absolute Gasteiger partial charge is 0.380 e. The Morgan fingerprint density at radius 1 is 1.08 bits per heavy atom. The summed E-state index contributed by atoms with van der Waals surface area (Å²) in [5.74, 6) is -0.179. The molecule has 4 nitrogen and oxygen atoms in total. The van der Waals surface area contributed by atoms with E-state index >= 15 is 0 Å². The van der Waals surface area contributed by atoms with Gasteiger partial charge in [0.2, 0.25) is 0 Å². The number of hydrogen-bond donors (Lipinski definition) is 2. The van der Waals surface area contributed by atoms with E-state index in [1.807, 2.05) is 55.5 Å². The number of nitrogens with one attached hydrogen (secondary N) is 2. The number of carbonyl (C=O) groups excluding carboxylic acids is 1. The van der Waals surface area contributed by atoms with Gasteiger partial charge in [-0.15, -0.1) is 0 Å². The average Bonchev–Trinajstić information content (AvgIpc) is 2.63. The second-order valence-electron chi connectivity index (χ2n) is 5.71. The third kappa shape index (κ3) is 4.67. The number of aryl methyl sites for hydroxylation is 1. The Hall–Kier alpha value is -2.66. The summed E-state index contributed by atoms with van der Waals surface area (Å²) >= 11 is 3.42. The molecule has 0 saturated carbocycles. The zero-order chi connectivity index (χ0) is 17.6. The van der Waals surface area contributed by atoms with Gasteiger partial charge < -0.3 is 10.6 Å². The maximum atomic E-state index is 12.5. The highest BCUT2D eigenvalue weighted by Gasteiger charge is 2.09. The molecule has 1 amide bonds. The number of nitrogens with zero attached hydrogens (tertiary/aromatic N) is 1. The number of benzene rings is 2. The molecule has 0 bridgehead atoms. The lowest BCUT2D eigenvalue weighted by atomic mass is 10.2. The first-order valence-corrected chi connectivity index (χ1v) is 8.71. The van der Waals surface area contributed by atoms with Gasteiger partial charge in [0.05, 0.1) is 11.3 Å². The highest BCUT2D eigenvalue weighted by molar-refractivity contribution is 9.10. The van der Waals surface area contributed by atoms with Crippen molar-refractivity contribution in [2.24, 2.45) is 0 Å². The summed E-state index contributed by atoms with van der Waals surface area (Å²) in [6.45, 7) is 2.63. The number of aromatic nitrogens is 1. The SMILES string of the molecule is Cc1cc(Br)ccc1NC(=O)c1cncc(NCc2ccccc2)c1. The predicted molar refractivity (Wildman–Crippen MR) is 105 cm³/mol. The number of rotatable bonds is 5. The van der Waals surface area contributed by atoms with E-state index in [1.165, 1.54) is 5.56 Å². The van der Waals surface area contributed by atoms with Crippen LogP contribution in [0.1, 0.15) is 21.5 Å². The molecule has 3 rings (SSSR count). The summed E-state index contributed by atoms with van der Waals surface area (Å²) in [4.78, 5) is 16.7. The number of pyridine rings is 1. The number of carbonyl (C=O) groups is 1. The summed E-state index contributed by atoms with van der Waals surface area (Å²) in [5.41, 5.74) is 4.28. The lowest BCUT2D eigenvalue weighted by Crippen LogP contribution is -2.13. The quantitative estimate of drug-likeness (QED) is 0.637. The van der Waals surface area contributed by atoms with E-state index < -0.39 is 0 Å². The van der Waals surface area contributed by atoms with Crippen LogP contribution in [0.5, 0.6) is 0 Å². The Morgan fingerprint density at radius 3 is 2.64 bits per heavy atom. The normalized spacial score (nSPS) is 10.3. The monoisotopic (exact) mass is 395 g/mol. The minimum Gasteiger partial charge on any atom is -0.380 e.